The van der Waals surface area contributed by atoms with Gasteiger partial charge in [-0.15, -0.1) is 0 Å². The molecule has 1 fully saturated rings. The molecule has 2 heterocycles. The van der Waals surface area contributed by atoms with Crippen LogP contribution in [0, 0.1) is 13.8 Å². The van der Waals surface area contributed by atoms with E-state index in [1.165, 1.54) is 0 Å². The maximum atomic E-state index is 12.4. The first-order valence-corrected chi connectivity index (χ1v) is 9.55. The number of aromatic nitrogens is 1. The molecule has 0 radical (unpaired) electrons. The van der Waals surface area contributed by atoms with E-state index in [0.29, 0.717) is 6.04 Å². The maximum Gasteiger partial charge on any atom is 0.341 e. The minimum Gasteiger partial charge on any atom is -0.462 e. The Morgan fingerprint density at radius 2 is 1.96 bits per heavy atom. The van der Waals surface area contributed by atoms with E-state index in [1.807, 2.05) is 37.3 Å². The fourth-order valence-electron chi connectivity index (χ4n) is 3.70. The maximum absolute atomic E-state index is 12.4. The number of nitrogens with zero attached hydrogens (tertiary/aromatic N) is 2. The number of carbonyl (C=O) groups is 1. The largest absolute Gasteiger partial charge is 0.462 e. The monoisotopic (exact) mass is 374 g/mol. The van der Waals surface area contributed by atoms with Gasteiger partial charge in [-0.25, -0.2) is 9.59 Å². The molecule has 1 saturated carbocycles. The highest BCUT2D eigenvalue weighted by Gasteiger charge is 2.37. The molecule has 28 heavy (non-hydrogen) atoms. The Labute approximate surface area is 164 Å². The fraction of sp³-hybridized carbons (Fsp3) is 0.304. The molecule has 0 bridgehead atoms. The topological polar surface area (TPSA) is 59.5 Å². The second-order valence-corrected chi connectivity index (χ2v) is 7.20. The van der Waals surface area contributed by atoms with Gasteiger partial charge in [0.2, 0.25) is 0 Å². The van der Waals surface area contributed by atoms with Crippen molar-refractivity contribution in [3.8, 4) is 11.1 Å². The second kappa shape index (κ2) is 7.10. The van der Waals surface area contributed by atoms with E-state index in [2.05, 4.69) is 22.9 Å². The number of fused-ring (bicyclic) bond motifs is 1. The van der Waals surface area contributed by atoms with Gasteiger partial charge in [-0.05, 0) is 50.8 Å². The van der Waals surface area contributed by atoms with Gasteiger partial charge in [0.05, 0.1) is 23.4 Å². The molecule has 2 aliphatic rings. The molecule has 0 unspecified atom stereocenters. The summed E-state index contributed by atoms with van der Waals surface area (Å²) in [5.41, 5.74) is 6.35. The van der Waals surface area contributed by atoms with Crippen molar-refractivity contribution >= 4 is 23.2 Å². The predicted molar refractivity (Wildman–Crippen MR) is 108 cm³/mol. The van der Waals surface area contributed by atoms with Crippen LogP contribution in [0.1, 0.15) is 36.6 Å². The standard InChI is InChI=1S/C23H22N2O3/c1-4-28-23(27)20-12-25(17-7-8-17)22-15(3)18(9-10-19(22)21(20)13-26)16-6-5-14(2)24-11-16/h5-6,9-12,17H,4,7-8H2,1-3H3. The number of hydrogen-bond acceptors (Lipinski definition) is 5. The van der Waals surface area contributed by atoms with Crippen LogP contribution in [0.3, 0.4) is 0 Å². The smallest absolute Gasteiger partial charge is 0.341 e. The number of ether oxygens (including phenoxy) is 1. The summed E-state index contributed by atoms with van der Waals surface area (Å²) in [6.07, 6.45) is 5.75. The van der Waals surface area contributed by atoms with Crippen LogP contribution in [-0.2, 0) is 14.3 Å². The molecule has 5 heteroatoms. The van der Waals surface area contributed by atoms with Crippen LogP contribution in [0.5, 0.6) is 0 Å². The summed E-state index contributed by atoms with van der Waals surface area (Å²) in [6, 6.07) is 8.26. The molecule has 1 aromatic heterocycles. The van der Waals surface area contributed by atoms with Gasteiger partial charge in [0.15, 0.2) is 0 Å². The molecule has 0 amide bonds. The first-order valence-electron chi connectivity index (χ1n) is 9.55. The van der Waals surface area contributed by atoms with Crippen LogP contribution in [0.4, 0.5) is 5.69 Å². The van der Waals surface area contributed by atoms with Crippen LogP contribution in [-0.4, -0.2) is 29.5 Å². The Morgan fingerprint density at radius 1 is 1.21 bits per heavy atom. The van der Waals surface area contributed by atoms with Crippen LogP contribution in [0.25, 0.3) is 16.7 Å². The van der Waals surface area contributed by atoms with Crippen LogP contribution in [0.2, 0.25) is 0 Å². The van der Waals surface area contributed by atoms with Gasteiger partial charge in [0.1, 0.15) is 5.94 Å². The van der Waals surface area contributed by atoms with Crippen molar-refractivity contribution < 1.29 is 14.3 Å². The number of aryl methyl sites for hydroxylation is 1. The lowest BCUT2D eigenvalue weighted by molar-refractivity contribution is -0.138. The Morgan fingerprint density at radius 3 is 2.57 bits per heavy atom. The molecule has 1 aliphatic carbocycles. The van der Waals surface area contributed by atoms with Crippen molar-refractivity contribution in [1.29, 1.82) is 0 Å². The highest BCUT2D eigenvalue weighted by atomic mass is 16.5. The zero-order valence-electron chi connectivity index (χ0n) is 16.3. The molecule has 5 nitrogen and oxygen atoms in total. The van der Waals surface area contributed by atoms with Crippen molar-refractivity contribution in [2.45, 2.75) is 39.7 Å². The predicted octanol–water partition coefficient (Wildman–Crippen LogP) is 4.01. The molecule has 4 rings (SSSR count). The number of hydrogen-bond donors (Lipinski definition) is 0. The third-order valence-corrected chi connectivity index (χ3v) is 5.26. The summed E-state index contributed by atoms with van der Waals surface area (Å²) in [7, 11) is 0. The molecule has 0 saturated heterocycles. The van der Waals surface area contributed by atoms with Crippen molar-refractivity contribution in [3.05, 3.63) is 59.1 Å². The lowest BCUT2D eigenvalue weighted by Crippen LogP contribution is -2.28. The van der Waals surface area contributed by atoms with E-state index in [4.69, 9.17) is 4.74 Å². The first kappa shape index (κ1) is 18.2. The van der Waals surface area contributed by atoms with Crippen LogP contribution >= 0.6 is 0 Å². The molecule has 2 aromatic rings. The third kappa shape index (κ3) is 3.04. The molecule has 1 aromatic carbocycles. The van der Waals surface area contributed by atoms with Gasteiger partial charge in [0.25, 0.3) is 0 Å². The first-order chi connectivity index (χ1) is 13.5. The zero-order valence-corrected chi connectivity index (χ0v) is 16.3. The number of esters is 1. The summed E-state index contributed by atoms with van der Waals surface area (Å²) >= 11 is 0. The van der Waals surface area contributed by atoms with E-state index in [9.17, 15) is 9.59 Å². The Balaban J connectivity index is 1.89. The lowest BCUT2D eigenvalue weighted by Gasteiger charge is -2.31. The summed E-state index contributed by atoms with van der Waals surface area (Å²) in [5, 5.41) is 0. The number of pyridine rings is 1. The number of benzene rings is 1. The average molecular weight is 374 g/mol. The van der Waals surface area contributed by atoms with E-state index in [-0.39, 0.29) is 17.8 Å². The third-order valence-electron chi connectivity index (χ3n) is 5.26. The van der Waals surface area contributed by atoms with Crippen molar-refractivity contribution in [2.24, 2.45) is 0 Å². The normalized spacial score (nSPS) is 15.6. The Bertz CT molecular complexity index is 1030. The van der Waals surface area contributed by atoms with Gasteiger partial charge >= 0.3 is 5.97 Å². The summed E-state index contributed by atoms with van der Waals surface area (Å²) < 4.78 is 5.17. The van der Waals surface area contributed by atoms with E-state index < -0.39 is 5.97 Å². The lowest BCUT2D eigenvalue weighted by atomic mass is 9.88. The van der Waals surface area contributed by atoms with E-state index in [1.54, 1.807) is 13.1 Å². The van der Waals surface area contributed by atoms with Gasteiger partial charge in [-0.3, -0.25) is 4.98 Å². The van der Waals surface area contributed by atoms with Crippen LogP contribution in [0.15, 0.2) is 42.2 Å². The number of rotatable bonds is 4. The highest BCUT2D eigenvalue weighted by molar-refractivity contribution is 6.17. The Hall–Kier alpha value is -3.17. The molecular formula is C23H22N2O3. The summed E-state index contributed by atoms with van der Waals surface area (Å²) in [4.78, 5) is 30.8. The molecular weight excluding hydrogens is 352 g/mol. The molecule has 142 valence electrons. The van der Waals surface area contributed by atoms with Gasteiger partial charge in [-0.2, -0.15) is 0 Å². The highest BCUT2D eigenvalue weighted by Crippen LogP contribution is 2.46. The Kier molecular flexibility index (Phi) is 4.62. The SMILES string of the molecule is CCOC(=O)C1=CN(C2CC2)c2c(ccc(-c3ccc(C)nc3)c2C)C1=C=O. The molecule has 0 spiro atoms. The van der Waals surface area contributed by atoms with E-state index >= 15 is 0 Å². The minimum absolute atomic E-state index is 0.261. The van der Waals surface area contributed by atoms with Crippen molar-refractivity contribution in [1.82, 2.24) is 4.98 Å². The van der Waals surface area contributed by atoms with Gasteiger partial charge in [-0.1, -0.05) is 18.2 Å². The van der Waals surface area contributed by atoms with Crippen molar-refractivity contribution in [3.63, 3.8) is 0 Å². The average Bonchev–Trinajstić information content (AvgIpc) is 3.53. The van der Waals surface area contributed by atoms with Gasteiger partial charge in [0, 0.05) is 35.3 Å². The second-order valence-electron chi connectivity index (χ2n) is 7.20. The molecule has 0 N–H and O–H groups in total. The fourth-order valence-corrected chi connectivity index (χ4v) is 3.70. The molecule has 0 atom stereocenters. The van der Waals surface area contributed by atoms with Gasteiger partial charge < -0.3 is 9.64 Å². The molecule has 1 aliphatic heterocycles. The van der Waals surface area contributed by atoms with Crippen molar-refractivity contribution in [2.75, 3.05) is 11.5 Å². The zero-order chi connectivity index (χ0) is 19.8. The minimum atomic E-state index is -0.485. The summed E-state index contributed by atoms with van der Waals surface area (Å²) in [5.74, 6) is 1.50. The quantitative estimate of drug-likeness (QED) is 0.598. The number of anilines is 1. The summed E-state index contributed by atoms with van der Waals surface area (Å²) in [6.45, 7) is 6.03. The number of carbonyl (C=O) groups excluding carboxylic acids is 2. The van der Waals surface area contributed by atoms with Crippen LogP contribution < -0.4 is 4.90 Å². The van der Waals surface area contributed by atoms with E-state index in [0.717, 1.165) is 46.5 Å².